The summed E-state index contributed by atoms with van der Waals surface area (Å²) in [6.45, 7) is 1.56. The fraction of sp³-hybridized carbons (Fsp3) is 0.562. The Balaban J connectivity index is 1.86. The van der Waals surface area contributed by atoms with Gasteiger partial charge in [0.05, 0.1) is 25.6 Å². The van der Waals surface area contributed by atoms with Crippen molar-refractivity contribution in [1.82, 2.24) is 5.32 Å². The summed E-state index contributed by atoms with van der Waals surface area (Å²) in [7, 11) is 1.46. The van der Waals surface area contributed by atoms with Gasteiger partial charge in [-0.3, -0.25) is 5.32 Å². The molecule has 2 fully saturated rings. The van der Waals surface area contributed by atoms with Crippen molar-refractivity contribution >= 4 is 17.7 Å². The molecule has 1 saturated carbocycles. The van der Waals surface area contributed by atoms with Gasteiger partial charge in [0.2, 0.25) is 0 Å². The molecule has 2 aliphatic rings. The first kappa shape index (κ1) is 14.9. The van der Waals surface area contributed by atoms with Crippen LogP contribution in [0.5, 0.6) is 0 Å². The third-order valence-electron chi connectivity index (χ3n) is 3.97. The fourth-order valence-electron chi connectivity index (χ4n) is 2.47. The number of hydrogen-bond acceptors (Lipinski definition) is 5. The Morgan fingerprint density at radius 2 is 2.10 bits per heavy atom. The average molecular weight is 307 g/mol. The average Bonchev–Trinajstić information content (AvgIpc) is 3.28. The second kappa shape index (κ2) is 6.38. The highest BCUT2D eigenvalue weighted by molar-refractivity contribution is 8.00. The van der Waals surface area contributed by atoms with Crippen molar-refractivity contribution in [1.29, 1.82) is 0 Å². The van der Waals surface area contributed by atoms with Crippen LogP contribution in [0.4, 0.5) is 0 Å². The Hall–Kier alpha value is -1.04. The Bertz CT molecular complexity index is 488. The minimum atomic E-state index is -0.753. The third kappa shape index (κ3) is 3.25. The number of hydrogen-bond donors (Lipinski definition) is 1. The van der Waals surface area contributed by atoms with Crippen LogP contribution in [0, 0.1) is 0 Å². The molecule has 5 heteroatoms. The summed E-state index contributed by atoms with van der Waals surface area (Å²) < 4.78 is 10.4. The first-order chi connectivity index (χ1) is 10.2. The van der Waals surface area contributed by atoms with Crippen molar-refractivity contribution in [3.05, 3.63) is 35.9 Å². The van der Waals surface area contributed by atoms with Gasteiger partial charge in [0.1, 0.15) is 0 Å². The van der Waals surface area contributed by atoms with E-state index in [-0.39, 0.29) is 5.97 Å². The van der Waals surface area contributed by atoms with Crippen LogP contribution in [0.3, 0.4) is 0 Å². The number of rotatable bonds is 7. The maximum absolute atomic E-state index is 12.6. The Morgan fingerprint density at radius 3 is 2.62 bits per heavy atom. The molecule has 1 aliphatic carbocycles. The number of ether oxygens (including phenoxy) is 2. The lowest BCUT2D eigenvalue weighted by molar-refractivity contribution is -0.148. The topological polar surface area (TPSA) is 47.6 Å². The Labute approximate surface area is 129 Å². The maximum Gasteiger partial charge on any atom is 0.331 e. The van der Waals surface area contributed by atoms with Gasteiger partial charge in [0, 0.05) is 11.8 Å². The van der Waals surface area contributed by atoms with E-state index in [1.54, 1.807) is 11.8 Å². The minimum Gasteiger partial charge on any atom is -0.467 e. The summed E-state index contributed by atoms with van der Waals surface area (Å²) in [5, 5.41) is 4.02. The predicted molar refractivity (Wildman–Crippen MR) is 83.4 cm³/mol. The molecule has 1 atom stereocenters. The van der Waals surface area contributed by atoms with Crippen LogP contribution in [0.25, 0.3) is 0 Å². The van der Waals surface area contributed by atoms with E-state index < -0.39 is 5.54 Å². The van der Waals surface area contributed by atoms with Crippen molar-refractivity contribution in [3.63, 3.8) is 0 Å². The van der Waals surface area contributed by atoms with Gasteiger partial charge in [0.25, 0.3) is 0 Å². The zero-order valence-electron chi connectivity index (χ0n) is 12.2. The van der Waals surface area contributed by atoms with Gasteiger partial charge in [-0.2, -0.15) is 11.8 Å². The van der Waals surface area contributed by atoms with E-state index in [0.717, 1.165) is 31.6 Å². The number of carbonyl (C=O) groups excluding carboxylic acids is 1. The zero-order chi connectivity index (χ0) is 14.7. The van der Waals surface area contributed by atoms with Crippen LogP contribution in [0.1, 0.15) is 18.4 Å². The molecule has 1 aromatic carbocycles. The molecule has 1 saturated heterocycles. The number of nitrogens with one attached hydrogen (secondary N) is 1. The second-order valence-electron chi connectivity index (χ2n) is 5.65. The largest absolute Gasteiger partial charge is 0.467 e. The van der Waals surface area contributed by atoms with Gasteiger partial charge in [-0.05, 0) is 18.4 Å². The molecular formula is C16H21NO3S. The summed E-state index contributed by atoms with van der Waals surface area (Å²) in [6, 6.07) is 10.3. The fourth-order valence-corrected chi connectivity index (χ4v) is 3.71. The first-order valence-electron chi connectivity index (χ1n) is 7.35. The maximum atomic E-state index is 12.6. The molecule has 21 heavy (non-hydrogen) atoms. The van der Waals surface area contributed by atoms with Crippen molar-refractivity contribution in [2.75, 3.05) is 26.1 Å². The zero-order valence-corrected chi connectivity index (χ0v) is 13.0. The first-order valence-corrected chi connectivity index (χ1v) is 8.40. The summed E-state index contributed by atoms with van der Waals surface area (Å²) in [5.41, 5.74) is 0.230. The molecule has 0 bridgehead atoms. The van der Waals surface area contributed by atoms with E-state index in [4.69, 9.17) is 9.47 Å². The lowest BCUT2D eigenvalue weighted by atomic mass is 9.91. The van der Waals surface area contributed by atoms with E-state index >= 15 is 0 Å². The normalized spacial score (nSPS) is 21.4. The molecule has 1 aromatic rings. The lowest BCUT2D eigenvalue weighted by Crippen LogP contribution is -2.53. The number of benzene rings is 1. The molecular weight excluding hydrogens is 286 g/mol. The predicted octanol–water partition coefficient (Wildman–Crippen LogP) is 1.94. The summed E-state index contributed by atoms with van der Waals surface area (Å²) >= 11 is 1.79. The van der Waals surface area contributed by atoms with Crippen molar-refractivity contribution in [2.24, 2.45) is 0 Å². The molecule has 0 amide bonds. The number of thioether (sulfide) groups is 1. The van der Waals surface area contributed by atoms with Gasteiger partial charge in [-0.15, -0.1) is 0 Å². The number of esters is 1. The summed E-state index contributed by atoms with van der Waals surface area (Å²) in [5.74, 6) is 0.474. The highest BCUT2D eigenvalue weighted by atomic mass is 32.2. The quantitative estimate of drug-likeness (QED) is 0.780. The number of methoxy groups -OCH3 is 1. The molecule has 1 unspecified atom stereocenters. The van der Waals surface area contributed by atoms with E-state index in [1.807, 2.05) is 30.3 Å². The van der Waals surface area contributed by atoms with Crippen LogP contribution >= 0.6 is 11.8 Å². The Morgan fingerprint density at radius 1 is 1.38 bits per heavy atom. The highest BCUT2D eigenvalue weighted by Gasteiger charge is 2.45. The Kier molecular flexibility index (Phi) is 4.52. The molecule has 1 N–H and O–H groups in total. The smallest absolute Gasteiger partial charge is 0.331 e. The van der Waals surface area contributed by atoms with E-state index in [9.17, 15) is 4.79 Å². The van der Waals surface area contributed by atoms with Crippen LogP contribution in [-0.2, 0) is 19.8 Å². The monoisotopic (exact) mass is 307 g/mol. The third-order valence-corrected chi connectivity index (χ3v) is 5.31. The van der Waals surface area contributed by atoms with Crippen molar-refractivity contribution in [2.45, 2.75) is 29.7 Å². The van der Waals surface area contributed by atoms with Crippen LogP contribution in [-0.4, -0.2) is 43.3 Å². The molecule has 0 radical (unpaired) electrons. The van der Waals surface area contributed by atoms with Crippen molar-refractivity contribution < 1.29 is 14.3 Å². The van der Waals surface area contributed by atoms with Crippen molar-refractivity contribution in [3.8, 4) is 0 Å². The summed E-state index contributed by atoms with van der Waals surface area (Å²) in [6.07, 6.45) is 2.26. The van der Waals surface area contributed by atoms with Crippen LogP contribution < -0.4 is 5.32 Å². The van der Waals surface area contributed by atoms with Gasteiger partial charge < -0.3 is 9.47 Å². The van der Waals surface area contributed by atoms with E-state index in [1.165, 1.54) is 7.11 Å². The van der Waals surface area contributed by atoms with E-state index in [0.29, 0.717) is 17.0 Å². The SMILES string of the molecule is COC(=O)C(CSC1COC1)(NC1CC1)c1ccccc1. The standard InChI is InChI=1S/C16H21NO3S/c1-19-15(18)16(17-13-7-8-13,11-21-14-9-20-10-14)12-5-3-2-4-6-12/h2-6,13-14,17H,7-11H2,1H3. The molecule has 114 valence electrons. The summed E-state index contributed by atoms with van der Waals surface area (Å²) in [4.78, 5) is 12.6. The van der Waals surface area contributed by atoms with Gasteiger partial charge in [-0.25, -0.2) is 4.79 Å². The number of carbonyl (C=O) groups is 1. The lowest BCUT2D eigenvalue weighted by Gasteiger charge is -2.35. The molecule has 1 aliphatic heterocycles. The second-order valence-corrected chi connectivity index (χ2v) is 6.94. The van der Waals surface area contributed by atoms with Crippen LogP contribution in [0.2, 0.25) is 0 Å². The van der Waals surface area contributed by atoms with Gasteiger partial charge in [0.15, 0.2) is 5.54 Å². The highest BCUT2D eigenvalue weighted by Crippen LogP contribution is 2.35. The molecule has 1 heterocycles. The molecule has 0 spiro atoms. The van der Waals surface area contributed by atoms with E-state index in [2.05, 4.69) is 5.32 Å². The molecule has 4 nitrogen and oxygen atoms in total. The minimum absolute atomic E-state index is 0.201. The van der Waals surface area contributed by atoms with Gasteiger partial charge in [-0.1, -0.05) is 30.3 Å². The molecule has 3 rings (SSSR count). The van der Waals surface area contributed by atoms with Crippen LogP contribution in [0.15, 0.2) is 30.3 Å². The molecule has 0 aromatic heterocycles. The van der Waals surface area contributed by atoms with Gasteiger partial charge >= 0.3 is 5.97 Å².